The van der Waals surface area contributed by atoms with Crippen molar-refractivity contribution in [1.82, 2.24) is 24.0 Å². The van der Waals surface area contributed by atoms with E-state index in [1.807, 2.05) is 18.4 Å². The highest BCUT2D eigenvalue weighted by molar-refractivity contribution is 5.76. The molecule has 0 spiro atoms. The molecule has 0 unspecified atom stereocenters. The third kappa shape index (κ3) is 4.72. The molecule has 2 heterocycles. The van der Waals surface area contributed by atoms with E-state index < -0.39 is 11.2 Å². The van der Waals surface area contributed by atoms with Crippen LogP contribution in [0.1, 0.15) is 59.7 Å². The number of rotatable bonds is 10. The SMILES string of the molecule is CCCCn1c(=O)[nH]c(=O)c2c1nc(CCC(=O)N(CC)CC)n2CC(C)C. The standard InChI is InChI=1S/C20H33N5O3/c1-6-9-12-24-18-17(19(27)22-20(24)28)25(13-14(4)5)15(21-18)10-11-16(26)23(7-2)8-3/h14H,6-13H2,1-5H3,(H,22,27,28). The average Bonchev–Trinajstić information content (AvgIpc) is 2.98. The molecule has 0 bridgehead atoms. The van der Waals surface area contributed by atoms with Gasteiger partial charge in [-0.15, -0.1) is 0 Å². The van der Waals surface area contributed by atoms with Crippen LogP contribution in [0.4, 0.5) is 0 Å². The fourth-order valence-corrected chi connectivity index (χ4v) is 3.45. The second-order valence-electron chi connectivity index (χ2n) is 7.54. The Morgan fingerprint density at radius 1 is 1.14 bits per heavy atom. The number of carbonyl (C=O) groups excluding carboxylic acids is 1. The van der Waals surface area contributed by atoms with Crippen molar-refractivity contribution in [3.8, 4) is 0 Å². The third-order valence-corrected chi connectivity index (χ3v) is 4.93. The number of aryl methyl sites for hydroxylation is 2. The molecule has 28 heavy (non-hydrogen) atoms. The molecule has 0 aromatic carbocycles. The highest BCUT2D eigenvalue weighted by Crippen LogP contribution is 2.16. The van der Waals surface area contributed by atoms with Crippen LogP contribution >= 0.6 is 0 Å². The lowest BCUT2D eigenvalue weighted by Crippen LogP contribution is -2.31. The van der Waals surface area contributed by atoms with E-state index in [2.05, 4.69) is 30.7 Å². The zero-order chi connectivity index (χ0) is 20.8. The summed E-state index contributed by atoms with van der Waals surface area (Å²) in [7, 11) is 0. The van der Waals surface area contributed by atoms with Gasteiger partial charge in [-0.3, -0.25) is 19.1 Å². The van der Waals surface area contributed by atoms with Crippen LogP contribution in [0.2, 0.25) is 0 Å². The first-order valence-electron chi connectivity index (χ1n) is 10.3. The van der Waals surface area contributed by atoms with Crippen LogP contribution in [-0.2, 0) is 24.3 Å². The predicted molar refractivity (Wildman–Crippen MR) is 111 cm³/mol. The Bertz CT molecular complexity index is 918. The lowest BCUT2D eigenvalue weighted by Gasteiger charge is -2.18. The Kier molecular flexibility index (Phi) is 7.60. The molecule has 0 saturated heterocycles. The van der Waals surface area contributed by atoms with Crippen LogP contribution in [0, 0.1) is 5.92 Å². The van der Waals surface area contributed by atoms with Crippen LogP contribution in [0.25, 0.3) is 11.2 Å². The number of imidazole rings is 1. The number of H-pyrrole nitrogens is 1. The van der Waals surface area contributed by atoms with E-state index in [4.69, 9.17) is 0 Å². The van der Waals surface area contributed by atoms with Crippen LogP contribution in [0.15, 0.2) is 9.59 Å². The molecule has 0 aliphatic rings. The maximum Gasteiger partial charge on any atom is 0.330 e. The molecule has 2 aromatic rings. The molecule has 0 atom stereocenters. The van der Waals surface area contributed by atoms with Crippen molar-refractivity contribution in [3.63, 3.8) is 0 Å². The summed E-state index contributed by atoms with van der Waals surface area (Å²) in [4.78, 5) is 46.2. The second kappa shape index (κ2) is 9.71. The van der Waals surface area contributed by atoms with E-state index in [0.717, 1.165) is 12.8 Å². The van der Waals surface area contributed by atoms with Crippen molar-refractivity contribution in [2.45, 2.75) is 73.4 Å². The van der Waals surface area contributed by atoms with Gasteiger partial charge in [-0.25, -0.2) is 9.78 Å². The summed E-state index contributed by atoms with van der Waals surface area (Å²) in [5, 5.41) is 0. The van der Waals surface area contributed by atoms with Crippen molar-refractivity contribution in [2.24, 2.45) is 5.92 Å². The van der Waals surface area contributed by atoms with Gasteiger partial charge in [-0.2, -0.15) is 0 Å². The molecule has 1 N–H and O–H groups in total. The minimum absolute atomic E-state index is 0.0745. The molecule has 0 aliphatic carbocycles. The minimum Gasteiger partial charge on any atom is -0.343 e. The molecular weight excluding hydrogens is 358 g/mol. The number of hydrogen-bond acceptors (Lipinski definition) is 4. The maximum absolute atomic E-state index is 12.6. The van der Waals surface area contributed by atoms with Gasteiger partial charge in [-0.1, -0.05) is 27.2 Å². The number of nitrogens with one attached hydrogen (secondary N) is 1. The summed E-state index contributed by atoms with van der Waals surface area (Å²) < 4.78 is 3.43. The van der Waals surface area contributed by atoms with Crippen molar-refractivity contribution < 1.29 is 4.79 Å². The Labute approximate surface area is 165 Å². The summed E-state index contributed by atoms with van der Waals surface area (Å²) in [6, 6.07) is 0. The third-order valence-electron chi connectivity index (χ3n) is 4.93. The smallest absolute Gasteiger partial charge is 0.330 e. The van der Waals surface area contributed by atoms with Crippen molar-refractivity contribution in [1.29, 1.82) is 0 Å². The van der Waals surface area contributed by atoms with E-state index in [0.29, 0.717) is 61.9 Å². The Balaban J connectivity index is 2.52. The van der Waals surface area contributed by atoms with Crippen LogP contribution < -0.4 is 11.2 Å². The first-order valence-corrected chi connectivity index (χ1v) is 10.3. The summed E-state index contributed by atoms with van der Waals surface area (Å²) in [5.41, 5.74) is 0.0101. The van der Waals surface area contributed by atoms with Crippen molar-refractivity contribution in [3.05, 3.63) is 26.7 Å². The number of hydrogen-bond donors (Lipinski definition) is 1. The number of aromatic nitrogens is 4. The first-order chi connectivity index (χ1) is 13.3. The van der Waals surface area contributed by atoms with E-state index >= 15 is 0 Å². The van der Waals surface area contributed by atoms with Gasteiger partial charge < -0.3 is 9.47 Å². The lowest BCUT2D eigenvalue weighted by molar-refractivity contribution is -0.130. The molecule has 0 fully saturated rings. The Morgan fingerprint density at radius 3 is 2.39 bits per heavy atom. The number of amides is 1. The van der Waals surface area contributed by atoms with Crippen LogP contribution in [0.5, 0.6) is 0 Å². The molecule has 0 aliphatic heterocycles. The summed E-state index contributed by atoms with van der Waals surface area (Å²) in [6.45, 7) is 12.6. The molecule has 2 rings (SSSR count). The van der Waals surface area contributed by atoms with Gasteiger partial charge >= 0.3 is 5.69 Å². The Morgan fingerprint density at radius 2 is 1.82 bits per heavy atom. The Hall–Kier alpha value is -2.38. The number of carbonyl (C=O) groups is 1. The molecule has 0 radical (unpaired) electrons. The molecule has 0 saturated carbocycles. The number of aromatic amines is 1. The zero-order valence-corrected chi connectivity index (χ0v) is 17.7. The minimum atomic E-state index is -0.425. The number of unbranched alkanes of at least 4 members (excludes halogenated alkanes) is 1. The van der Waals surface area contributed by atoms with Crippen molar-refractivity contribution >= 4 is 17.1 Å². The van der Waals surface area contributed by atoms with Gasteiger partial charge in [-0.05, 0) is 26.2 Å². The number of fused-ring (bicyclic) bond motifs is 1. The van der Waals surface area contributed by atoms with E-state index in [1.54, 1.807) is 9.47 Å². The highest BCUT2D eigenvalue weighted by atomic mass is 16.2. The maximum atomic E-state index is 12.6. The van der Waals surface area contributed by atoms with E-state index in [1.165, 1.54) is 0 Å². The largest absolute Gasteiger partial charge is 0.343 e. The monoisotopic (exact) mass is 391 g/mol. The van der Waals surface area contributed by atoms with Gasteiger partial charge in [0.05, 0.1) is 0 Å². The summed E-state index contributed by atoms with van der Waals surface area (Å²) >= 11 is 0. The highest BCUT2D eigenvalue weighted by Gasteiger charge is 2.20. The summed E-state index contributed by atoms with van der Waals surface area (Å²) in [5.74, 6) is 1.06. The number of nitrogens with zero attached hydrogens (tertiary/aromatic N) is 4. The van der Waals surface area contributed by atoms with Crippen LogP contribution in [0.3, 0.4) is 0 Å². The second-order valence-corrected chi connectivity index (χ2v) is 7.54. The van der Waals surface area contributed by atoms with Gasteiger partial charge in [0.1, 0.15) is 5.82 Å². The van der Waals surface area contributed by atoms with Gasteiger partial charge in [0, 0.05) is 39.0 Å². The summed E-state index contributed by atoms with van der Waals surface area (Å²) in [6.07, 6.45) is 2.54. The normalized spacial score (nSPS) is 11.5. The predicted octanol–water partition coefficient (Wildman–Crippen LogP) is 2.14. The van der Waals surface area contributed by atoms with Gasteiger partial charge in [0.2, 0.25) is 5.91 Å². The topological polar surface area (TPSA) is 93.0 Å². The lowest BCUT2D eigenvalue weighted by atomic mass is 10.2. The van der Waals surface area contributed by atoms with Gasteiger partial charge in [0.25, 0.3) is 5.56 Å². The molecule has 8 heteroatoms. The quantitative estimate of drug-likeness (QED) is 0.671. The fraction of sp³-hybridized carbons (Fsp3) is 0.700. The average molecular weight is 392 g/mol. The van der Waals surface area contributed by atoms with E-state index in [9.17, 15) is 14.4 Å². The first kappa shape index (κ1) is 21.9. The van der Waals surface area contributed by atoms with Gasteiger partial charge in [0.15, 0.2) is 11.2 Å². The molecule has 1 amide bonds. The fourth-order valence-electron chi connectivity index (χ4n) is 3.45. The molecular formula is C20H33N5O3. The van der Waals surface area contributed by atoms with Crippen molar-refractivity contribution in [2.75, 3.05) is 13.1 Å². The molecule has 2 aromatic heterocycles. The van der Waals surface area contributed by atoms with Crippen LogP contribution in [-0.4, -0.2) is 43.0 Å². The zero-order valence-electron chi connectivity index (χ0n) is 17.7. The van der Waals surface area contributed by atoms with E-state index in [-0.39, 0.29) is 5.91 Å². The molecule has 156 valence electrons. The molecule has 8 nitrogen and oxygen atoms in total.